The molecule has 0 spiro atoms. The molecule has 1 unspecified atom stereocenters. The van der Waals surface area contributed by atoms with E-state index in [0.29, 0.717) is 13.2 Å². The van der Waals surface area contributed by atoms with Gasteiger partial charge in [0.25, 0.3) is 9.05 Å². The average molecular weight is 337 g/mol. The van der Waals surface area contributed by atoms with Gasteiger partial charge in [-0.1, -0.05) is 0 Å². The van der Waals surface area contributed by atoms with Crippen molar-refractivity contribution in [2.75, 3.05) is 19.8 Å². The van der Waals surface area contributed by atoms with E-state index in [1.54, 1.807) is 0 Å². The molecule has 1 fully saturated rings. The van der Waals surface area contributed by atoms with Gasteiger partial charge in [0, 0.05) is 23.2 Å². The van der Waals surface area contributed by atoms with E-state index in [1.807, 2.05) is 0 Å². The van der Waals surface area contributed by atoms with Gasteiger partial charge in [-0.15, -0.1) is 0 Å². The van der Waals surface area contributed by atoms with Gasteiger partial charge < -0.3 is 9.47 Å². The van der Waals surface area contributed by atoms with Crippen LogP contribution < -0.4 is 0 Å². The molecule has 21 heavy (non-hydrogen) atoms. The highest BCUT2D eigenvalue weighted by atomic mass is 35.7. The molecule has 1 aliphatic rings. The van der Waals surface area contributed by atoms with Crippen LogP contribution in [-0.4, -0.2) is 34.2 Å². The Bertz CT molecular complexity index is 653. The maximum absolute atomic E-state index is 14.0. The number of benzene rings is 1. The van der Waals surface area contributed by atoms with Crippen LogP contribution in [0.15, 0.2) is 17.0 Å². The van der Waals surface area contributed by atoms with Crippen LogP contribution in [0.2, 0.25) is 0 Å². The standard InChI is InChI=1S/C13H14ClFO5S/c1-8-4-10(21(14,17)18)5-11(12(8)15)13(16)20-7-9-2-3-19-6-9/h4-5,9H,2-3,6-7H2,1H3. The molecular formula is C13H14ClFO5S. The minimum atomic E-state index is -4.05. The van der Waals surface area contributed by atoms with Crippen LogP contribution in [0.25, 0.3) is 0 Å². The van der Waals surface area contributed by atoms with Crippen LogP contribution in [0, 0.1) is 18.7 Å². The molecule has 1 atom stereocenters. The number of carbonyl (C=O) groups excluding carboxylic acids is 1. The fourth-order valence-electron chi connectivity index (χ4n) is 2.01. The van der Waals surface area contributed by atoms with E-state index in [1.165, 1.54) is 6.92 Å². The molecule has 1 aliphatic heterocycles. The van der Waals surface area contributed by atoms with Crippen molar-refractivity contribution >= 4 is 25.7 Å². The number of rotatable bonds is 4. The van der Waals surface area contributed by atoms with Crippen molar-refractivity contribution in [3.05, 3.63) is 29.1 Å². The molecule has 1 aromatic rings. The van der Waals surface area contributed by atoms with E-state index in [9.17, 15) is 17.6 Å². The molecule has 0 amide bonds. The molecular weight excluding hydrogens is 323 g/mol. The van der Waals surface area contributed by atoms with E-state index >= 15 is 0 Å². The van der Waals surface area contributed by atoms with E-state index in [-0.39, 0.29) is 23.0 Å². The van der Waals surface area contributed by atoms with Gasteiger partial charge in [0.1, 0.15) is 5.82 Å². The van der Waals surface area contributed by atoms with E-state index in [2.05, 4.69) is 0 Å². The number of carbonyl (C=O) groups is 1. The Morgan fingerprint density at radius 3 is 2.81 bits per heavy atom. The van der Waals surface area contributed by atoms with Gasteiger partial charge in [-0.05, 0) is 31.0 Å². The van der Waals surface area contributed by atoms with Crippen molar-refractivity contribution in [1.82, 2.24) is 0 Å². The van der Waals surface area contributed by atoms with Crippen LogP contribution in [0.1, 0.15) is 22.3 Å². The van der Waals surface area contributed by atoms with Crippen LogP contribution in [0.5, 0.6) is 0 Å². The summed E-state index contributed by atoms with van der Waals surface area (Å²) in [4.78, 5) is 11.6. The second-order valence-electron chi connectivity index (χ2n) is 4.87. The molecule has 2 rings (SSSR count). The summed E-state index contributed by atoms with van der Waals surface area (Å²) in [6, 6.07) is 1.96. The van der Waals surface area contributed by atoms with Crippen LogP contribution in [0.4, 0.5) is 4.39 Å². The van der Waals surface area contributed by atoms with Gasteiger partial charge in [0.15, 0.2) is 0 Å². The average Bonchev–Trinajstić information content (AvgIpc) is 2.91. The van der Waals surface area contributed by atoms with Crippen molar-refractivity contribution in [2.24, 2.45) is 5.92 Å². The molecule has 5 nitrogen and oxygen atoms in total. The number of hydrogen-bond donors (Lipinski definition) is 0. The fourth-order valence-corrected chi connectivity index (χ4v) is 2.86. The number of aryl methyl sites for hydroxylation is 1. The van der Waals surface area contributed by atoms with Crippen molar-refractivity contribution < 1.29 is 27.1 Å². The van der Waals surface area contributed by atoms with Crippen molar-refractivity contribution in [3.8, 4) is 0 Å². The van der Waals surface area contributed by atoms with Crippen LogP contribution in [0.3, 0.4) is 0 Å². The summed E-state index contributed by atoms with van der Waals surface area (Å²) in [6.45, 7) is 2.55. The molecule has 0 aliphatic carbocycles. The Balaban J connectivity index is 2.21. The second-order valence-corrected chi connectivity index (χ2v) is 7.43. The van der Waals surface area contributed by atoms with Crippen molar-refractivity contribution in [2.45, 2.75) is 18.2 Å². The lowest BCUT2D eigenvalue weighted by atomic mass is 10.1. The summed E-state index contributed by atoms with van der Waals surface area (Å²) in [5.41, 5.74) is -0.430. The van der Waals surface area contributed by atoms with E-state index in [4.69, 9.17) is 20.2 Å². The Hall–Kier alpha value is -1.18. The normalized spacial score (nSPS) is 18.7. The molecule has 116 valence electrons. The monoisotopic (exact) mass is 336 g/mol. The van der Waals surface area contributed by atoms with Crippen LogP contribution in [-0.2, 0) is 18.5 Å². The number of halogens is 2. The largest absolute Gasteiger partial charge is 0.462 e. The number of hydrogen-bond acceptors (Lipinski definition) is 5. The Kier molecular flexibility index (Phi) is 4.85. The molecule has 1 heterocycles. The first-order valence-corrected chi connectivity index (χ1v) is 8.59. The third-order valence-corrected chi connectivity index (χ3v) is 4.54. The molecule has 1 saturated heterocycles. The Morgan fingerprint density at radius 2 is 2.24 bits per heavy atom. The maximum atomic E-state index is 14.0. The highest BCUT2D eigenvalue weighted by Crippen LogP contribution is 2.23. The minimum absolute atomic E-state index is 0.00729. The smallest absolute Gasteiger partial charge is 0.341 e. The lowest BCUT2D eigenvalue weighted by Crippen LogP contribution is -2.16. The minimum Gasteiger partial charge on any atom is -0.462 e. The van der Waals surface area contributed by atoms with Crippen molar-refractivity contribution in [1.29, 1.82) is 0 Å². The summed E-state index contributed by atoms with van der Waals surface area (Å²) < 4.78 is 46.7. The lowest BCUT2D eigenvalue weighted by molar-refractivity contribution is 0.0422. The molecule has 0 saturated carbocycles. The van der Waals surface area contributed by atoms with Gasteiger partial charge in [0.05, 0.1) is 23.7 Å². The third-order valence-electron chi connectivity index (χ3n) is 3.20. The summed E-state index contributed by atoms with van der Waals surface area (Å²) in [5, 5.41) is 0. The predicted octanol–water partition coefficient (Wildman–Crippen LogP) is 2.25. The number of ether oxygens (including phenoxy) is 2. The highest BCUT2D eigenvalue weighted by molar-refractivity contribution is 8.13. The number of esters is 1. The van der Waals surface area contributed by atoms with Gasteiger partial charge in [-0.25, -0.2) is 17.6 Å². The van der Waals surface area contributed by atoms with E-state index < -0.39 is 26.4 Å². The van der Waals surface area contributed by atoms with Gasteiger partial charge in [0.2, 0.25) is 0 Å². The SMILES string of the molecule is Cc1cc(S(=O)(=O)Cl)cc(C(=O)OCC2CCOC2)c1F. The summed E-state index contributed by atoms with van der Waals surface area (Å²) in [6.07, 6.45) is 0.769. The summed E-state index contributed by atoms with van der Waals surface area (Å²) in [7, 11) is 1.17. The van der Waals surface area contributed by atoms with Crippen LogP contribution >= 0.6 is 10.7 Å². The zero-order chi connectivity index (χ0) is 15.6. The molecule has 0 radical (unpaired) electrons. The first-order valence-electron chi connectivity index (χ1n) is 6.28. The molecule has 0 bridgehead atoms. The fraction of sp³-hybridized carbons (Fsp3) is 0.462. The van der Waals surface area contributed by atoms with Gasteiger partial charge in [-0.3, -0.25) is 0 Å². The molecule has 1 aromatic carbocycles. The summed E-state index contributed by atoms with van der Waals surface area (Å²) in [5.74, 6) is -1.64. The highest BCUT2D eigenvalue weighted by Gasteiger charge is 2.23. The topological polar surface area (TPSA) is 69.7 Å². The van der Waals surface area contributed by atoms with E-state index in [0.717, 1.165) is 18.6 Å². The molecule has 0 aromatic heterocycles. The zero-order valence-electron chi connectivity index (χ0n) is 11.3. The first-order chi connectivity index (χ1) is 9.79. The quantitative estimate of drug-likeness (QED) is 0.623. The van der Waals surface area contributed by atoms with Gasteiger partial charge in [-0.2, -0.15) is 0 Å². The first kappa shape index (κ1) is 16.2. The summed E-state index contributed by atoms with van der Waals surface area (Å²) >= 11 is 0. The predicted molar refractivity (Wildman–Crippen MR) is 73.4 cm³/mol. The molecule has 8 heteroatoms. The van der Waals surface area contributed by atoms with Gasteiger partial charge >= 0.3 is 5.97 Å². The maximum Gasteiger partial charge on any atom is 0.341 e. The Labute approximate surface area is 126 Å². The second kappa shape index (κ2) is 6.29. The molecule has 0 N–H and O–H groups in total. The Morgan fingerprint density at radius 1 is 1.52 bits per heavy atom. The third kappa shape index (κ3) is 3.93. The zero-order valence-corrected chi connectivity index (χ0v) is 12.8. The van der Waals surface area contributed by atoms with Crippen molar-refractivity contribution in [3.63, 3.8) is 0 Å². The lowest BCUT2D eigenvalue weighted by Gasteiger charge is -2.11.